The first kappa shape index (κ1) is 8.45. The van der Waals surface area contributed by atoms with E-state index in [4.69, 9.17) is 0 Å². The van der Waals surface area contributed by atoms with Gasteiger partial charge in [0.15, 0.2) is 0 Å². The number of carbonyl (C=O) groups is 1. The second kappa shape index (κ2) is 2.96. The van der Waals surface area contributed by atoms with Gasteiger partial charge in [-0.2, -0.15) is 0 Å². The number of rotatable bonds is 2. The molecule has 1 aliphatic carbocycles. The molecule has 13 heavy (non-hydrogen) atoms. The average molecular weight is 175 g/mol. The molecular formula is C11H13NO. The number of fused-ring (bicyclic) bond motifs is 1. The number of hydrogen-bond donors (Lipinski definition) is 1. The molecule has 0 saturated carbocycles. The third-order valence-corrected chi connectivity index (χ3v) is 2.93. The van der Waals surface area contributed by atoms with Gasteiger partial charge in [0.1, 0.15) is 11.8 Å². The smallest absolute Gasteiger partial charge is 0.144 e. The van der Waals surface area contributed by atoms with Crippen LogP contribution in [0, 0.1) is 0 Å². The van der Waals surface area contributed by atoms with Gasteiger partial charge in [0, 0.05) is 0 Å². The SMILES string of the molecule is CNC1(C=O)CCc2ccccc21. The molecule has 1 unspecified atom stereocenters. The lowest BCUT2D eigenvalue weighted by Crippen LogP contribution is -2.39. The van der Waals surface area contributed by atoms with Gasteiger partial charge in [-0.15, -0.1) is 0 Å². The Balaban J connectivity index is 2.53. The van der Waals surface area contributed by atoms with Gasteiger partial charge in [-0.1, -0.05) is 24.3 Å². The lowest BCUT2D eigenvalue weighted by Gasteiger charge is -2.22. The predicted octanol–water partition coefficient (Wildman–Crippen LogP) is 1.25. The van der Waals surface area contributed by atoms with Crippen molar-refractivity contribution in [2.75, 3.05) is 7.05 Å². The van der Waals surface area contributed by atoms with Gasteiger partial charge in [-0.3, -0.25) is 0 Å². The first-order chi connectivity index (χ1) is 6.32. The minimum Gasteiger partial charge on any atom is -0.305 e. The molecule has 2 heteroatoms. The van der Waals surface area contributed by atoms with E-state index >= 15 is 0 Å². The molecule has 1 aromatic carbocycles. The second-order valence-electron chi connectivity index (χ2n) is 3.50. The van der Waals surface area contributed by atoms with Gasteiger partial charge in [-0.05, 0) is 31.0 Å². The molecule has 0 amide bonds. The molecule has 68 valence electrons. The zero-order chi connectivity index (χ0) is 9.31. The number of benzene rings is 1. The fourth-order valence-electron chi connectivity index (χ4n) is 2.08. The summed E-state index contributed by atoms with van der Waals surface area (Å²) in [5, 5.41) is 3.12. The van der Waals surface area contributed by atoms with Crippen molar-refractivity contribution in [1.82, 2.24) is 5.32 Å². The van der Waals surface area contributed by atoms with E-state index in [9.17, 15) is 4.79 Å². The lowest BCUT2D eigenvalue weighted by atomic mass is 9.94. The molecule has 2 nitrogen and oxygen atoms in total. The minimum atomic E-state index is -0.420. The van der Waals surface area contributed by atoms with Gasteiger partial charge in [-0.25, -0.2) is 0 Å². The summed E-state index contributed by atoms with van der Waals surface area (Å²) in [6.07, 6.45) is 2.90. The van der Waals surface area contributed by atoms with Crippen LogP contribution in [0.3, 0.4) is 0 Å². The van der Waals surface area contributed by atoms with E-state index in [1.165, 1.54) is 5.56 Å². The van der Waals surface area contributed by atoms with Gasteiger partial charge >= 0.3 is 0 Å². The van der Waals surface area contributed by atoms with Crippen molar-refractivity contribution in [3.05, 3.63) is 35.4 Å². The summed E-state index contributed by atoms with van der Waals surface area (Å²) in [4.78, 5) is 11.1. The number of nitrogens with one attached hydrogen (secondary N) is 1. The largest absolute Gasteiger partial charge is 0.305 e. The van der Waals surface area contributed by atoms with E-state index in [0.717, 1.165) is 24.7 Å². The van der Waals surface area contributed by atoms with Crippen molar-refractivity contribution >= 4 is 6.29 Å². The van der Waals surface area contributed by atoms with Crippen LogP contribution in [0.1, 0.15) is 17.5 Å². The normalized spacial score (nSPS) is 25.6. The highest BCUT2D eigenvalue weighted by Crippen LogP contribution is 2.34. The van der Waals surface area contributed by atoms with Crippen LogP contribution in [0.2, 0.25) is 0 Å². The van der Waals surface area contributed by atoms with E-state index in [1.54, 1.807) is 0 Å². The minimum absolute atomic E-state index is 0.420. The Bertz CT molecular complexity index is 335. The van der Waals surface area contributed by atoms with Crippen LogP contribution < -0.4 is 5.32 Å². The maximum absolute atomic E-state index is 11.1. The molecular weight excluding hydrogens is 162 g/mol. The third kappa shape index (κ3) is 1.10. The molecule has 0 spiro atoms. The van der Waals surface area contributed by atoms with E-state index in [-0.39, 0.29) is 0 Å². The highest BCUT2D eigenvalue weighted by Gasteiger charge is 2.36. The number of hydrogen-bond acceptors (Lipinski definition) is 2. The number of aryl methyl sites for hydroxylation is 1. The zero-order valence-electron chi connectivity index (χ0n) is 7.71. The molecule has 1 aromatic rings. The van der Waals surface area contributed by atoms with Crippen LogP contribution >= 0.6 is 0 Å². The van der Waals surface area contributed by atoms with Crippen molar-refractivity contribution in [2.24, 2.45) is 0 Å². The van der Waals surface area contributed by atoms with Crippen LogP contribution in [0.25, 0.3) is 0 Å². The molecule has 0 aliphatic heterocycles. The van der Waals surface area contributed by atoms with Crippen LogP contribution in [0.15, 0.2) is 24.3 Å². The average Bonchev–Trinajstić information content (AvgIpc) is 2.58. The number of aldehydes is 1. The summed E-state index contributed by atoms with van der Waals surface area (Å²) >= 11 is 0. The number of carbonyl (C=O) groups excluding carboxylic acids is 1. The molecule has 1 atom stereocenters. The van der Waals surface area contributed by atoms with Crippen molar-refractivity contribution in [3.8, 4) is 0 Å². The third-order valence-electron chi connectivity index (χ3n) is 2.93. The summed E-state index contributed by atoms with van der Waals surface area (Å²) in [5.41, 5.74) is 2.02. The van der Waals surface area contributed by atoms with E-state index in [1.807, 2.05) is 25.2 Å². The molecule has 1 N–H and O–H groups in total. The van der Waals surface area contributed by atoms with Gasteiger partial charge < -0.3 is 10.1 Å². The van der Waals surface area contributed by atoms with Gasteiger partial charge in [0.2, 0.25) is 0 Å². The van der Waals surface area contributed by atoms with E-state index in [2.05, 4.69) is 11.4 Å². The Hall–Kier alpha value is -1.15. The molecule has 0 bridgehead atoms. The lowest BCUT2D eigenvalue weighted by molar-refractivity contribution is -0.113. The monoisotopic (exact) mass is 175 g/mol. The summed E-state index contributed by atoms with van der Waals surface area (Å²) in [6.45, 7) is 0. The fraction of sp³-hybridized carbons (Fsp3) is 0.364. The maximum Gasteiger partial charge on any atom is 0.144 e. The van der Waals surface area contributed by atoms with Crippen molar-refractivity contribution in [3.63, 3.8) is 0 Å². The zero-order valence-corrected chi connectivity index (χ0v) is 7.71. The molecule has 0 heterocycles. The van der Waals surface area contributed by atoms with Crippen LogP contribution in [0.5, 0.6) is 0 Å². The topological polar surface area (TPSA) is 29.1 Å². The second-order valence-corrected chi connectivity index (χ2v) is 3.50. The Morgan fingerprint density at radius 1 is 1.46 bits per heavy atom. The molecule has 0 radical (unpaired) electrons. The Morgan fingerprint density at radius 2 is 2.23 bits per heavy atom. The van der Waals surface area contributed by atoms with E-state index in [0.29, 0.717) is 0 Å². The predicted molar refractivity (Wildman–Crippen MR) is 51.6 cm³/mol. The standard InChI is InChI=1S/C11H13NO/c1-12-11(8-13)7-6-9-4-2-3-5-10(9)11/h2-5,8,12H,6-7H2,1H3. The van der Waals surface area contributed by atoms with Crippen molar-refractivity contribution in [2.45, 2.75) is 18.4 Å². The quantitative estimate of drug-likeness (QED) is 0.685. The van der Waals surface area contributed by atoms with Gasteiger partial charge in [0.25, 0.3) is 0 Å². The summed E-state index contributed by atoms with van der Waals surface area (Å²) in [5.74, 6) is 0. The maximum atomic E-state index is 11.1. The van der Waals surface area contributed by atoms with Gasteiger partial charge in [0.05, 0.1) is 0 Å². The highest BCUT2D eigenvalue weighted by atomic mass is 16.1. The van der Waals surface area contributed by atoms with Crippen molar-refractivity contribution < 1.29 is 4.79 Å². The summed E-state index contributed by atoms with van der Waals surface area (Å²) in [7, 11) is 1.84. The molecule has 0 saturated heterocycles. The van der Waals surface area contributed by atoms with E-state index < -0.39 is 5.54 Å². The molecule has 1 aliphatic rings. The fourth-order valence-corrected chi connectivity index (χ4v) is 2.08. The summed E-state index contributed by atoms with van der Waals surface area (Å²) in [6, 6.07) is 8.14. The van der Waals surface area contributed by atoms with Crippen LogP contribution in [-0.4, -0.2) is 13.3 Å². The molecule has 0 aromatic heterocycles. The Labute approximate surface area is 78.0 Å². The van der Waals surface area contributed by atoms with Crippen molar-refractivity contribution in [1.29, 1.82) is 0 Å². The van der Waals surface area contributed by atoms with Crippen LogP contribution in [-0.2, 0) is 16.8 Å². The van der Waals surface area contributed by atoms with Crippen LogP contribution in [0.4, 0.5) is 0 Å². The first-order valence-corrected chi connectivity index (χ1v) is 4.56. The number of likely N-dealkylation sites (N-methyl/N-ethyl adjacent to an activating group) is 1. The Kier molecular flexibility index (Phi) is 1.93. The first-order valence-electron chi connectivity index (χ1n) is 4.56. The summed E-state index contributed by atoms with van der Waals surface area (Å²) < 4.78 is 0. The molecule has 0 fully saturated rings. The Morgan fingerprint density at radius 3 is 2.92 bits per heavy atom. The molecule has 2 rings (SSSR count). The highest BCUT2D eigenvalue weighted by molar-refractivity contribution is 5.70.